The number of fused-ring (bicyclic) bond motifs is 1. The van der Waals surface area contributed by atoms with Crippen molar-refractivity contribution in [2.24, 2.45) is 5.18 Å². The third kappa shape index (κ3) is 1.39. The fourth-order valence-corrected chi connectivity index (χ4v) is 1.67. The van der Waals surface area contributed by atoms with Crippen molar-refractivity contribution in [2.45, 2.75) is 13.0 Å². The van der Waals surface area contributed by atoms with Gasteiger partial charge in [-0.05, 0) is 23.3 Å². The molecule has 0 spiro atoms. The number of nitrogens with zero attached hydrogens (tertiary/aromatic N) is 1. The standard InChI is InChI=1S/C12H11NO/c1-9(13-14)11-8-4-6-10-5-2-3-7-12(10)11/h2-9H,1H3/t9-/m0/s1. The second-order valence-corrected chi connectivity index (χ2v) is 3.35. The number of nitroso groups, excluding NO2 is 1. The fourth-order valence-electron chi connectivity index (χ4n) is 1.67. The third-order valence-electron chi connectivity index (χ3n) is 2.43. The van der Waals surface area contributed by atoms with Crippen molar-refractivity contribution in [3.8, 4) is 0 Å². The molecule has 0 unspecified atom stereocenters. The van der Waals surface area contributed by atoms with Gasteiger partial charge in [-0.2, -0.15) is 4.91 Å². The summed E-state index contributed by atoms with van der Waals surface area (Å²) in [5, 5.41) is 5.33. The Hall–Kier alpha value is -1.70. The third-order valence-corrected chi connectivity index (χ3v) is 2.43. The first kappa shape index (κ1) is 8.88. The minimum absolute atomic E-state index is 0.277. The molecule has 14 heavy (non-hydrogen) atoms. The van der Waals surface area contributed by atoms with Crippen LogP contribution in [0.2, 0.25) is 0 Å². The average Bonchev–Trinajstić information content (AvgIpc) is 2.27. The highest BCUT2D eigenvalue weighted by Crippen LogP contribution is 2.25. The molecule has 1 atom stereocenters. The fraction of sp³-hybridized carbons (Fsp3) is 0.167. The van der Waals surface area contributed by atoms with Crippen LogP contribution in [0.4, 0.5) is 0 Å². The van der Waals surface area contributed by atoms with E-state index in [1.165, 1.54) is 0 Å². The van der Waals surface area contributed by atoms with Crippen LogP contribution in [0.25, 0.3) is 10.8 Å². The van der Waals surface area contributed by atoms with Crippen LogP contribution in [0.15, 0.2) is 47.6 Å². The summed E-state index contributed by atoms with van der Waals surface area (Å²) >= 11 is 0. The van der Waals surface area contributed by atoms with Crippen LogP contribution in [0, 0.1) is 4.91 Å². The highest BCUT2D eigenvalue weighted by molar-refractivity contribution is 5.86. The number of hydrogen-bond acceptors (Lipinski definition) is 2. The van der Waals surface area contributed by atoms with E-state index in [1.54, 1.807) is 0 Å². The maximum Gasteiger partial charge on any atom is 0.115 e. The molecule has 0 radical (unpaired) electrons. The second kappa shape index (κ2) is 3.58. The van der Waals surface area contributed by atoms with Crippen LogP contribution in [0.1, 0.15) is 18.5 Å². The average molecular weight is 185 g/mol. The Morgan fingerprint density at radius 3 is 2.57 bits per heavy atom. The van der Waals surface area contributed by atoms with Gasteiger partial charge in [-0.25, -0.2) is 0 Å². The molecule has 2 aromatic rings. The quantitative estimate of drug-likeness (QED) is 0.656. The molecular formula is C12H11NO. The molecule has 0 saturated heterocycles. The van der Waals surface area contributed by atoms with E-state index >= 15 is 0 Å². The van der Waals surface area contributed by atoms with Gasteiger partial charge in [0.15, 0.2) is 0 Å². The molecule has 2 aromatic carbocycles. The molecule has 2 nitrogen and oxygen atoms in total. The highest BCUT2D eigenvalue weighted by atomic mass is 16.3. The Morgan fingerprint density at radius 2 is 1.79 bits per heavy atom. The molecule has 0 N–H and O–H groups in total. The summed E-state index contributed by atoms with van der Waals surface area (Å²) in [5.74, 6) is 0. The van der Waals surface area contributed by atoms with Crippen LogP contribution in [0.3, 0.4) is 0 Å². The molecule has 0 aliphatic heterocycles. The van der Waals surface area contributed by atoms with Crippen LogP contribution >= 0.6 is 0 Å². The van der Waals surface area contributed by atoms with Gasteiger partial charge < -0.3 is 0 Å². The van der Waals surface area contributed by atoms with E-state index in [2.05, 4.69) is 5.18 Å². The predicted molar refractivity (Wildman–Crippen MR) is 58.2 cm³/mol. The lowest BCUT2D eigenvalue weighted by Gasteiger charge is -2.07. The summed E-state index contributed by atoms with van der Waals surface area (Å²) in [6.07, 6.45) is 0. The van der Waals surface area contributed by atoms with E-state index in [-0.39, 0.29) is 6.04 Å². The minimum atomic E-state index is -0.277. The Bertz CT molecular complexity index is 459. The number of benzene rings is 2. The van der Waals surface area contributed by atoms with E-state index in [4.69, 9.17) is 0 Å². The molecule has 0 aliphatic rings. The summed E-state index contributed by atoms with van der Waals surface area (Å²) in [7, 11) is 0. The first-order valence-electron chi connectivity index (χ1n) is 4.63. The molecule has 0 saturated carbocycles. The molecule has 2 heteroatoms. The molecule has 70 valence electrons. The zero-order chi connectivity index (χ0) is 9.97. The summed E-state index contributed by atoms with van der Waals surface area (Å²) in [4.78, 5) is 10.5. The van der Waals surface area contributed by atoms with Gasteiger partial charge in [0, 0.05) is 0 Å². The second-order valence-electron chi connectivity index (χ2n) is 3.35. The zero-order valence-electron chi connectivity index (χ0n) is 7.97. The largest absolute Gasteiger partial charge is 0.150 e. The molecule has 0 fully saturated rings. The van der Waals surface area contributed by atoms with E-state index in [0.29, 0.717) is 0 Å². The van der Waals surface area contributed by atoms with Gasteiger partial charge in [-0.3, -0.25) is 0 Å². The number of hydrogen-bond donors (Lipinski definition) is 0. The lowest BCUT2D eigenvalue weighted by atomic mass is 10.0. The lowest BCUT2D eigenvalue weighted by molar-refractivity contribution is 0.820. The predicted octanol–water partition coefficient (Wildman–Crippen LogP) is 3.67. The van der Waals surface area contributed by atoms with Gasteiger partial charge in [0.25, 0.3) is 0 Å². The first-order valence-corrected chi connectivity index (χ1v) is 4.63. The van der Waals surface area contributed by atoms with Gasteiger partial charge >= 0.3 is 0 Å². The van der Waals surface area contributed by atoms with Crippen LogP contribution < -0.4 is 0 Å². The molecule has 0 aromatic heterocycles. The first-order chi connectivity index (χ1) is 6.83. The van der Waals surface area contributed by atoms with E-state index in [9.17, 15) is 4.91 Å². The highest BCUT2D eigenvalue weighted by Gasteiger charge is 2.07. The minimum Gasteiger partial charge on any atom is -0.150 e. The maximum absolute atomic E-state index is 10.5. The van der Waals surface area contributed by atoms with Crippen molar-refractivity contribution in [2.75, 3.05) is 0 Å². The van der Waals surface area contributed by atoms with Crippen molar-refractivity contribution in [3.05, 3.63) is 52.9 Å². The van der Waals surface area contributed by atoms with Gasteiger partial charge in [-0.15, -0.1) is 0 Å². The van der Waals surface area contributed by atoms with Gasteiger partial charge in [0.1, 0.15) is 6.04 Å². The van der Waals surface area contributed by atoms with E-state index in [0.717, 1.165) is 16.3 Å². The molecular weight excluding hydrogens is 174 g/mol. The topological polar surface area (TPSA) is 29.4 Å². The Kier molecular flexibility index (Phi) is 2.27. The molecule has 0 amide bonds. The SMILES string of the molecule is C[C@H](N=O)c1cccc2ccccc12. The van der Waals surface area contributed by atoms with Gasteiger partial charge in [0.05, 0.1) is 0 Å². The van der Waals surface area contributed by atoms with Crippen molar-refractivity contribution in [1.29, 1.82) is 0 Å². The summed E-state index contributed by atoms with van der Waals surface area (Å²) in [5.41, 5.74) is 0.998. The molecule has 0 aliphatic carbocycles. The van der Waals surface area contributed by atoms with Crippen LogP contribution in [-0.2, 0) is 0 Å². The maximum atomic E-state index is 10.5. The molecule has 0 heterocycles. The normalized spacial score (nSPS) is 12.6. The van der Waals surface area contributed by atoms with Crippen molar-refractivity contribution in [3.63, 3.8) is 0 Å². The Balaban J connectivity index is 2.70. The van der Waals surface area contributed by atoms with E-state index in [1.807, 2.05) is 49.4 Å². The van der Waals surface area contributed by atoms with Gasteiger partial charge in [-0.1, -0.05) is 47.6 Å². The Labute approximate surface area is 82.5 Å². The lowest BCUT2D eigenvalue weighted by Crippen LogP contribution is -1.89. The van der Waals surface area contributed by atoms with Crippen LogP contribution in [0.5, 0.6) is 0 Å². The Morgan fingerprint density at radius 1 is 1.07 bits per heavy atom. The summed E-state index contributed by atoms with van der Waals surface area (Å²) in [6, 6.07) is 13.7. The van der Waals surface area contributed by atoms with Crippen LogP contribution in [-0.4, -0.2) is 0 Å². The summed E-state index contributed by atoms with van der Waals surface area (Å²) in [6.45, 7) is 1.81. The molecule has 0 bridgehead atoms. The van der Waals surface area contributed by atoms with Crippen molar-refractivity contribution >= 4 is 10.8 Å². The summed E-state index contributed by atoms with van der Waals surface area (Å²) < 4.78 is 0. The van der Waals surface area contributed by atoms with E-state index < -0.39 is 0 Å². The zero-order valence-corrected chi connectivity index (χ0v) is 7.97. The van der Waals surface area contributed by atoms with Gasteiger partial charge in [0.2, 0.25) is 0 Å². The monoisotopic (exact) mass is 185 g/mol. The smallest absolute Gasteiger partial charge is 0.115 e. The number of rotatable bonds is 2. The molecule has 2 rings (SSSR count). The van der Waals surface area contributed by atoms with Crippen molar-refractivity contribution in [1.82, 2.24) is 0 Å². The van der Waals surface area contributed by atoms with Crippen molar-refractivity contribution < 1.29 is 0 Å².